The third-order valence-corrected chi connectivity index (χ3v) is 5.68. The summed E-state index contributed by atoms with van der Waals surface area (Å²) in [6.07, 6.45) is 5.35. The Kier molecular flexibility index (Phi) is 8.02. The lowest BCUT2D eigenvalue weighted by Crippen LogP contribution is -2.41. The summed E-state index contributed by atoms with van der Waals surface area (Å²) in [4.78, 5) is 15.3. The predicted molar refractivity (Wildman–Crippen MR) is 99.5 cm³/mol. The van der Waals surface area contributed by atoms with Gasteiger partial charge in [0.2, 0.25) is 0 Å². The number of rotatable bonds is 8. The van der Waals surface area contributed by atoms with Gasteiger partial charge in [0.25, 0.3) is 0 Å². The molecule has 6 heteroatoms. The van der Waals surface area contributed by atoms with Crippen LogP contribution in [0.4, 0.5) is 4.79 Å². The number of likely N-dealkylation sites (N-methyl/N-ethyl adjacent to an activating group) is 1. The summed E-state index contributed by atoms with van der Waals surface area (Å²) >= 11 is 1.72. The smallest absolute Gasteiger partial charge is 0.314 e. The Morgan fingerprint density at radius 1 is 1.38 bits per heavy atom. The largest absolute Gasteiger partial charge is 0.376 e. The summed E-state index contributed by atoms with van der Waals surface area (Å²) in [5, 5.41) is 7.91. The third-order valence-electron chi connectivity index (χ3n) is 4.70. The molecule has 0 spiro atoms. The average Bonchev–Trinajstić information content (AvgIpc) is 3.07. The fourth-order valence-electron chi connectivity index (χ4n) is 3.18. The number of ether oxygens (including phenoxy) is 1. The highest BCUT2D eigenvalue weighted by molar-refractivity contribution is 7.10. The first-order chi connectivity index (χ1) is 11.6. The zero-order chi connectivity index (χ0) is 17.4. The molecule has 0 aliphatic heterocycles. The van der Waals surface area contributed by atoms with Gasteiger partial charge in [-0.1, -0.05) is 25.8 Å². The molecule has 136 valence electrons. The maximum atomic E-state index is 12.0. The summed E-state index contributed by atoms with van der Waals surface area (Å²) in [7, 11) is 4.06. The third kappa shape index (κ3) is 6.07. The molecule has 24 heavy (non-hydrogen) atoms. The normalized spacial score (nSPS) is 22.3. The van der Waals surface area contributed by atoms with Crippen LogP contribution in [-0.2, 0) is 4.74 Å². The van der Waals surface area contributed by atoms with E-state index in [1.807, 2.05) is 20.2 Å². The Morgan fingerprint density at radius 2 is 2.17 bits per heavy atom. The van der Waals surface area contributed by atoms with Gasteiger partial charge in [0.05, 0.1) is 18.8 Å². The molecule has 5 nitrogen and oxygen atoms in total. The number of carbonyl (C=O) groups excluding carboxylic acids is 1. The highest BCUT2D eigenvalue weighted by Crippen LogP contribution is 2.26. The van der Waals surface area contributed by atoms with Crippen LogP contribution in [0.2, 0.25) is 0 Å². The van der Waals surface area contributed by atoms with Gasteiger partial charge in [0, 0.05) is 18.0 Å². The first kappa shape index (κ1) is 19.2. The lowest BCUT2D eigenvalue weighted by molar-refractivity contribution is -0.00243. The second-order valence-corrected chi connectivity index (χ2v) is 7.78. The average molecular weight is 354 g/mol. The van der Waals surface area contributed by atoms with Crippen molar-refractivity contribution in [2.75, 3.05) is 33.8 Å². The number of amides is 2. The molecule has 1 fully saturated rings. The van der Waals surface area contributed by atoms with Crippen molar-refractivity contribution in [1.82, 2.24) is 15.5 Å². The van der Waals surface area contributed by atoms with Gasteiger partial charge in [0.1, 0.15) is 0 Å². The van der Waals surface area contributed by atoms with E-state index in [4.69, 9.17) is 4.74 Å². The van der Waals surface area contributed by atoms with E-state index in [9.17, 15) is 4.79 Å². The summed E-state index contributed by atoms with van der Waals surface area (Å²) in [5.41, 5.74) is 0. The fourth-order valence-corrected chi connectivity index (χ4v) is 4.10. The van der Waals surface area contributed by atoms with Crippen LogP contribution in [0.3, 0.4) is 0 Å². The van der Waals surface area contributed by atoms with Crippen molar-refractivity contribution in [3.63, 3.8) is 0 Å². The standard InChI is InChI=1S/C18H31N3O2S/c1-14-7-4-5-8-16(14)23-11-10-19-18(22)20-13-15(21(2)3)17-9-6-12-24-17/h6,9,12,14-16H,4-5,7-8,10-11,13H2,1-3H3,(H2,19,20,22). The zero-order valence-electron chi connectivity index (χ0n) is 15.1. The summed E-state index contributed by atoms with van der Waals surface area (Å²) in [6.45, 7) is 4.00. The summed E-state index contributed by atoms with van der Waals surface area (Å²) in [5.74, 6) is 0.638. The van der Waals surface area contributed by atoms with Crippen molar-refractivity contribution in [3.05, 3.63) is 22.4 Å². The Labute approximate surface area is 149 Å². The second-order valence-electron chi connectivity index (χ2n) is 6.80. The molecule has 0 bridgehead atoms. The maximum Gasteiger partial charge on any atom is 0.314 e. The van der Waals surface area contributed by atoms with Crippen molar-refractivity contribution in [2.24, 2.45) is 5.92 Å². The Hall–Kier alpha value is -1.11. The fraction of sp³-hybridized carbons (Fsp3) is 0.722. The number of nitrogens with zero attached hydrogens (tertiary/aromatic N) is 1. The Bertz CT molecular complexity index is 479. The topological polar surface area (TPSA) is 53.6 Å². The van der Waals surface area contributed by atoms with Crippen LogP contribution in [0.15, 0.2) is 17.5 Å². The Balaban J connectivity index is 1.62. The minimum Gasteiger partial charge on any atom is -0.376 e. The molecule has 1 aliphatic carbocycles. The molecule has 2 N–H and O–H groups in total. The summed E-state index contributed by atoms with van der Waals surface area (Å²) in [6, 6.07) is 4.22. The number of hydrogen-bond acceptors (Lipinski definition) is 4. The van der Waals surface area contributed by atoms with E-state index >= 15 is 0 Å². The van der Waals surface area contributed by atoms with Gasteiger partial charge in [-0.3, -0.25) is 0 Å². The molecule has 1 heterocycles. The predicted octanol–water partition coefficient (Wildman–Crippen LogP) is 3.25. The number of carbonyl (C=O) groups is 1. The highest BCUT2D eigenvalue weighted by Gasteiger charge is 2.21. The van der Waals surface area contributed by atoms with Crippen LogP contribution in [-0.4, -0.2) is 50.8 Å². The molecule has 0 saturated heterocycles. The number of thiophene rings is 1. The summed E-state index contributed by atoms with van der Waals surface area (Å²) < 4.78 is 5.92. The van der Waals surface area contributed by atoms with Crippen molar-refractivity contribution >= 4 is 17.4 Å². The van der Waals surface area contributed by atoms with Crippen molar-refractivity contribution in [1.29, 1.82) is 0 Å². The highest BCUT2D eigenvalue weighted by atomic mass is 32.1. The van der Waals surface area contributed by atoms with Crippen LogP contribution < -0.4 is 10.6 Å². The van der Waals surface area contributed by atoms with Gasteiger partial charge in [-0.25, -0.2) is 4.79 Å². The molecule has 1 aliphatic rings. The molecule has 0 radical (unpaired) electrons. The number of nitrogens with one attached hydrogen (secondary N) is 2. The minimum atomic E-state index is -0.126. The van der Waals surface area contributed by atoms with Crippen molar-refractivity contribution < 1.29 is 9.53 Å². The van der Waals surface area contributed by atoms with Gasteiger partial charge in [-0.2, -0.15) is 0 Å². The van der Waals surface area contributed by atoms with E-state index in [-0.39, 0.29) is 12.1 Å². The van der Waals surface area contributed by atoms with Crippen LogP contribution in [0, 0.1) is 5.92 Å². The number of urea groups is 1. The molecular formula is C18H31N3O2S. The Morgan fingerprint density at radius 3 is 2.83 bits per heavy atom. The first-order valence-electron chi connectivity index (χ1n) is 8.91. The molecule has 2 rings (SSSR count). The van der Waals surface area contributed by atoms with E-state index in [1.54, 1.807) is 11.3 Å². The van der Waals surface area contributed by atoms with Crippen LogP contribution in [0.25, 0.3) is 0 Å². The lowest BCUT2D eigenvalue weighted by Gasteiger charge is -2.28. The van der Waals surface area contributed by atoms with Crippen molar-refractivity contribution in [2.45, 2.75) is 44.8 Å². The van der Waals surface area contributed by atoms with Gasteiger partial charge >= 0.3 is 6.03 Å². The van der Waals surface area contributed by atoms with Gasteiger partial charge < -0.3 is 20.3 Å². The van der Waals surface area contributed by atoms with Crippen LogP contribution >= 0.6 is 11.3 Å². The van der Waals surface area contributed by atoms with E-state index < -0.39 is 0 Å². The van der Waals surface area contributed by atoms with Gasteiger partial charge in [-0.15, -0.1) is 11.3 Å². The molecule has 1 aromatic heterocycles. The van der Waals surface area contributed by atoms with E-state index in [2.05, 4.69) is 33.9 Å². The molecule has 1 aromatic rings. The van der Waals surface area contributed by atoms with Crippen LogP contribution in [0.5, 0.6) is 0 Å². The van der Waals surface area contributed by atoms with E-state index in [1.165, 1.54) is 24.1 Å². The van der Waals surface area contributed by atoms with Gasteiger partial charge in [0.15, 0.2) is 0 Å². The minimum absolute atomic E-state index is 0.126. The van der Waals surface area contributed by atoms with Crippen LogP contribution in [0.1, 0.15) is 43.5 Å². The van der Waals surface area contributed by atoms with Gasteiger partial charge in [-0.05, 0) is 44.3 Å². The van der Waals surface area contributed by atoms with E-state index in [0.717, 1.165) is 6.42 Å². The quantitative estimate of drug-likeness (QED) is 0.706. The molecular weight excluding hydrogens is 322 g/mol. The maximum absolute atomic E-state index is 12.0. The SMILES string of the molecule is CC1CCCCC1OCCNC(=O)NCC(c1cccs1)N(C)C. The molecule has 3 unspecified atom stereocenters. The monoisotopic (exact) mass is 353 g/mol. The second kappa shape index (κ2) is 10.0. The molecule has 1 saturated carbocycles. The molecule has 3 atom stereocenters. The zero-order valence-corrected chi connectivity index (χ0v) is 15.9. The molecule has 0 aromatic carbocycles. The number of hydrogen-bond donors (Lipinski definition) is 2. The van der Waals surface area contributed by atoms with Crippen molar-refractivity contribution in [3.8, 4) is 0 Å². The van der Waals surface area contributed by atoms with E-state index in [0.29, 0.717) is 31.7 Å². The molecule has 2 amide bonds. The first-order valence-corrected chi connectivity index (χ1v) is 9.79. The lowest BCUT2D eigenvalue weighted by atomic mass is 9.88.